The van der Waals surface area contributed by atoms with Crippen LogP contribution in [0.15, 0.2) is 237 Å². The zero-order valence-electron chi connectivity index (χ0n) is 32.5. The van der Waals surface area contributed by atoms with E-state index in [0.717, 1.165) is 17.1 Å². The van der Waals surface area contributed by atoms with Crippen molar-refractivity contribution in [3.8, 4) is 44.5 Å². The molecule has 0 aliphatic carbocycles. The van der Waals surface area contributed by atoms with E-state index in [4.69, 9.17) is 0 Å². The first-order chi connectivity index (χ1) is 29.2. The standard InChI is InChI=1S/C58H39N/c1-2-12-40(13-3-1)45-16-10-17-46(36-45)42-26-31-50(32-27-42)59(52-19-11-18-47(38-52)48-25-24-41-14-4-5-15-44(41)37-48)51-33-28-43(29-34-51)49-30-35-57-55-22-7-6-20-53(55)54-21-8-9-23-56(54)58(57)39-49/h1-39H. The number of nitrogens with zero attached hydrogens (tertiary/aromatic N) is 1. The largest absolute Gasteiger partial charge is 0.310 e. The number of rotatable bonds is 7. The Balaban J connectivity index is 0.995. The van der Waals surface area contributed by atoms with Gasteiger partial charge in [-0.1, -0.05) is 182 Å². The summed E-state index contributed by atoms with van der Waals surface area (Å²) in [6, 6.07) is 86.2. The molecule has 0 aliphatic heterocycles. The summed E-state index contributed by atoms with van der Waals surface area (Å²) >= 11 is 0. The Kier molecular flexibility index (Phi) is 8.56. The van der Waals surface area contributed by atoms with Crippen LogP contribution >= 0.6 is 0 Å². The van der Waals surface area contributed by atoms with Crippen LogP contribution in [-0.2, 0) is 0 Å². The maximum Gasteiger partial charge on any atom is 0.0467 e. The molecule has 11 aromatic carbocycles. The molecular weight excluding hydrogens is 711 g/mol. The molecule has 0 amide bonds. The smallest absolute Gasteiger partial charge is 0.0467 e. The molecule has 276 valence electrons. The first-order valence-corrected chi connectivity index (χ1v) is 20.3. The van der Waals surface area contributed by atoms with Crippen LogP contribution in [0.1, 0.15) is 0 Å². The second-order valence-corrected chi connectivity index (χ2v) is 15.3. The SMILES string of the molecule is c1ccc(-c2cccc(-c3ccc(N(c4ccc(-c5ccc6c7ccccc7c7ccccc7c6c5)cc4)c4cccc(-c5ccc6ccccc6c5)c4)cc3)c2)cc1. The minimum Gasteiger partial charge on any atom is -0.310 e. The summed E-state index contributed by atoms with van der Waals surface area (Å²) < 4.78 is 0. The lowest BCUT2D eigenvalue weighted by atomic mass is 9.92. The molecule has 11 rings (SSSR count). The second-order valence-electron chi connectivity index (χ2n) is 15.3. The average Bonchev–Trinajstić information content (AvgIpc) is 3.32. The highest BCUT2D eigenvalue weighted by Gasteiger charge is 2.16. The van der Waals surface area contributed by atoms with Crippen molar-refractivity contribution in [1.82, 2.24) is 0 Å². The highest BCUT2D eigenvalue weighted by molar-refractivity contribution is 6.25. The third-order valence-electron chi connectivity index (χ3n) is 11.8. The number of hydrogen-bond donors (Lipinski definition) is 0. The van der Waals surface area contributed by atoms with E-state index in [1.54, 1.807) is 0 Å². The molecule has 1 nitrogen and oxygen atoms in total. The minimum atomic E-state index is 1.10. The summed E-state index contributed by atoms with van der Waals surface area (Å²) in [5, 5.41) is 10.2. The molecule has 0 spiro atoms. The molecule has 0 saturated heterocycles. The first kappa shape index (κ1) is 34.5. The molecule has 0 aliphatic rings. The van der Waals surface area contributed by atoms with E-state index in [1.165, 1.54) is 87.6 Å². The Morgan fingerprint density at radius 2 is 0.593 bits per heavy atom. The lowest BCUT2D eigenvalue weighted by Crippen LogP contribution is -2.10. The number of hydrogen-bond acceptors (Lipinski definition) is 1. The van der Waals surface area contributed by atoms with Crippen LogP contribution < -0.4 is 4.90 Å². The average molecular weight is 750 g/mol. The summed E-state index contributed by atoms with van der Waals surface area (Å²) in [5.74, 6) is 0. The summed E-state index contributed by atoms with van der Waals surface area (Å²) in [7, 11) is 0. The van der Waals surface area contributed by atoms with Crippen LogP contribution in [-0.4, -0.2) is 0 Å². The van der Waals surface area contributed by atoms with E-state index in [0.29, 0.717) is 0 Å². The fourth-order valence-corrected chi connectivity index (χ4v) is 8.84. The molecule has 0 saturated carbocycles. The fourth-order valence-electron chi connectivity index (χ4n) is 8.84. The third-order valence-corrected chi connectivity index (χ3v) is 11.8. The summed E-state index contributed by atoms with van der Waals surface area (Å²) in [4.78, 5) is 2.37. The van der Waals surface area contributed by atoms with E-state index in [-0.39, 0.29) is 0 Å². The summed E-state index contributed by atoms with van der Waals surface area (Å²) in [6.07, 6.45) is 0. The van der Waals surface area contributed by atoms with Crippen LogP contribution in [0, 0.1) is 0 Å². The predicted molar refractivity (Wildman–Crippen MR) is 253 cm³/mol. The van der Waals surface area contributed by atoms with Crippen LogP contribution in [0.3, 0.4) is 0 Å². The van der Waals surface area contributed by atoms with Gasteiger partial charge in [-0.2, -0.15) is 0 Å². The molecule has 0 heterocycles. The molecule has 11 aromatic rings. The van der Waals surface area contributed by atoms with Gasteiger partial charge in [0.2, 0.25) is 0 Å². The van der Waals surface area contributed by atoms with Crippen molar-refractivity contribution in [2.75, 3.05) is 4.90 Å². The van der Waals surface area contributed by atoms with Gasteiger partial charge in [-0.25, -0.2) is 0 Å². The van der Waals surface area contributed by atoms with E-state index in [1.807, 2.05) is 0 Å². The Hall–Kier alpha value is -7.74. The van der Waals surface area contributed by atoms with Crippen molar-refractivity contribution in [3.05, 3.63) is 237 Å². The van der Waals surface area contributed by atoms with Gasteiger partial charge in [0, 0.05) is 17.1 Å². The van der Waals surface area contributed by atoms with E-state index >= 15 is 0 Å². The maximum absolute atomic E-state index is 2.37. The van der Waals surface area contributed by atoms with Gasteiger partial charge in [0.05, 0.1) is 0 Å². The zero-order chi connectivity index (χ0) is 39.1. The molecule has 0 N–H and O–H groups in total. The maximum atomic E-state index is 2.37. The normalized spacial score (nSPS) is 11.4. The van der Waals surface area contributed by atoms with E-state index in [2.05, 4.69) is 241 Å². The lowest BCUT2D eigenvalue weighted by Gasteiger charge is -2.26. The Bertz CT molecular complexity index is 3270. The monoisotopic (exact) mass is 749 g/mol. The lowest BCUT2D eigenvalue weighted by molar-refractivity contribution is 1.28. The Morgan fingerprint density at radius 3 is 1.22 bits per heavy atom. The van der Waals surface area contributed by atoms with Crippen LogP contribution in [0.25, 0.3) is 87.6 Å². The molecule has 0 fully saturated rings. The highest BCUT2D eigenvalue weighted by atomic mass is 15.1. The number of anilines is 3. The third kappa shape index (κ3) is 6.40. The Morgan fingerprint density at radius 1 is 0.186 bits per heavy atom. The van der Waals surface area contributed by atoms with E-state index in [9.17, 15) is 0 Å². The van der Waals surface area contributed by atoms with Gasteiger partial charge in [-0.15, -0.1) is 0 Å². The van der Waals surface area contributed by atoms with Gasteiger partial charge in [-0.05, 0) is 142 Å². The zero-order valence-corrected chi connectivity index (χ0v) is 32.5. The van der Waals surface area contributed by atoms with Gasteiger partial charge >= 0.3 is 0 Å². The predicted octanol–water partition coefficient (Wildman–Crippen LogP) is 16.4. The van der Waals surface area contributed by atoms with Gasteiger partial charge in [0.1, 0.15) is 0 Å². The van der Waals surface area contributed by atoms with Crippen molar-refractivity contribution < 1.29 is 0 Å². The first-order valence-electron chi connectivity index (χ1n) is 20.3. The molecule has 1 heteroatoms. The Labute approximate surface area is 344 Å². The molecular formula is C58H39N. The molecule has 0 unspecified atom stereocenters. The van der Waals surface area contributed by atoms with Crippen molar-refractivity contribution in [2.24, 2.45) is 0 Å². The summed E-state index contributed by atoms with van der Waals surface area (Å²) in [5.41, 5.74) is 12.9. The van der Waals surface area contributed by atoms with Crippen LogP contribution in [0.5, 0.6) is 0 Å². The molecule has 0 aromatic heterocycles. The summed E-state index contributed by atoms with van der Waals surface area (Å²) in [6.45, 7) is 0. The molecule has 0 bridgehead atoms. The van der Waals surface area contributed by atoms with E-state index < -0.39 is 0 Å². The number of fused-ring (bicyclic) bond motifs is 7. The second kappa shape index (κ2) is 14.6. The van der Waals surface area contributed by atoms with Crippen LogP contribution in [0.2, 0.25) is 0 Å². The number of benzene rings is 11. The van der Waals surface area contributed by atoms with Gasteiger partial charge in [0.25, 0.3) is 0 Å². The van der Waals surface area contributed by atoms with Crippen molar-refractivity contribution in [3.63, 3.8) is 0 Å². The van der Waals surface area contributed by atoms with Crippen molar-refractivity contribution in [1.29, 1.82) is 0 Å². The van der Waals surface area contributed by atoms with Gasteiger partial charge < -0.3 is 4.90 Å². The minimum absolute atomic E-state index is 1.10. The molecule has 59 heavy (non-hydrogen) atoms. The van der Waals surface area contributed by atoms with Crippen molar-refractivity contribution in [2.45, 2.75) is 0 Å². The quantitative estimate of drug-likeness (QED) is 0.147. The van der Waals surface area contributed by atoms with Gasteiger partial charge in [-0.3, -0.25) is 0 Å². The van der Waals surface area contributed by atoms with Crippen LogP contribution in [0.4, 0.5) is 17.1 Å². The fraction of sp³-hybridized carbons (Fsp3) is 0. The highest BCUT2D eigenvalue weighted by Crippen LogP contribution is 2.41. The van der Waals surface area contributed by atoms with Gasteiger partial charge in [0.15, 0.2) is 0 Å². The topological polar surface area (TPSA) is 3.24 Å². The van der Waals surface area contributed by atoms with Crippen molar-refractivity contribution >= 4 is 60.2 Å². The molecule has 0 atom stereocenters. The molecule has 0 radical (unpaired) electrons.